The SMILES string of the molecule is O=C(c1ccc2ccn(Cc3ccc(N([O-])O)cc3)c2c1)N1CCC(Cc2ccccc2)CC1. The number of anilines is 1. The summed E-state index contributed by atoms with van der Waals surface area (Å²) in [5.74, 6) is 0.715. The largest absolute Gasteiger partial charge is 0.733 e. The van der Waals surface area contributed by atoms with E-state index in [0.717, 1.165) is 48.8 Å². The summed E-state index contributed by atoms with van der Waals surface area (Å²) in [7, 11) is 0. The number of rotatable bonds is 6. The van der Waals surface area contributed by atoms with Gasteiger partial charge in [-0.2, -0.15) is 0 Å². The van der Waals surface area contributed by atoms with E-state index in [-0.39, 0.29) is 16.8 Å². The zero-order valence-electron chi connectivity index (χ0n) is 19.0. The van der Waals surface area contributed by atoms with Crippen LogP contribution in [0.2, 0.25) is 0 Å². The standard InChI is InChI=1S/C28H28N3O3/c32-28(29-15-12-22(13-16-29)18-21-4-2-1-3-5-21)25-9-8-24-14-17-30(27(24)19-25)20-23-6-10-26(11-7-23)31(33)34/h1-11,14,17,19,22,33H,12-13,15-16,18,20H2/q-1. The number of hydrogen-bond acceptors (Lipinski definition) is 4. The number of piperidine rings is 1. The van der Waals surface area contributed by atoms with E-state index in [2.05, 4.69) is 28.8 Å². The Kier molecular flexibility index (Phi) is 6.34. The minimum atomic E-state index is -0.142. The van der Waals surface area contributed by atoms with Crippen LogP contribution in [0.25, 0.3) is 10.9 Å². The van der Waals surface area contributed by atoms with Crippen molar-refractivity contribution in [2.24, 2.45) is 5.92 Å². The van der Waals surface area contributed by atoms with Crippen molar-refractivity contribution in [2.75, 3.05) is 18.3 Å². The van der Waals surface area contributed by atoms with Gasteiger partial charge in [0, 0.05) is 36.9 Å². The Balaban J connectivity index is 1.26. The van der Waals surface area contributed by atoms with E-state index in [1.807, 2.05) is 53.6 Å². The van der Waals surface area contributed by atoms with Gasteiger partial charge < -0.3 is 19.9 Å². The smallest absolute Gasteiger partial charge is 0.253 e. The molecule has 1 N–H and O–H groups in total. The fraction of sp³-hybridized carbons (Fsp3) is 0.250. The van der Waals surface area contributed by atoms with Crippen molar-refractivity contribution < 1.29 is 10.0 Å². The van der Waals surface area contributed by atoms with Crippen molar-refractivity contribution in [3.05, 3.63) is 107 Å². The molecule has 5 rings (SSSR count). The number of likely N-dealkylation sites (tertiary alicyclic amines) is 1. The lowest BCUT2D eigenvalue weighted by molar-refractivity contribution is 0.0690. The van der Waals surface area contributed by atoms with E-state index >= 15 is 0 Å². The minimum absolute atomic E-state index is 0.0932. The van der Waals surface area contributed by atoms with Crippen LogP contribution in [0.1, 0.15) is 34.3 Å². The Labute approximate surface area is 199 Å². The summed E-state index contributed by atoms with van der Waals surface area (Å²) >= 11 is 0. The van der Waals surface area contributed by atoms with E-state index in [4.69, 9.17) is 5.21 Å². The van der Waals surface area contributed by atoms with Crippen molar-refractivity contribution in [1.29, 1.82) is 0 Å². The van der Waals surface area contributed by atoms with Crippen LogP contribution in [-0.4, -0.2) is 33.7 Å². The summed E-state index contributed by atoms with van der Waals surface area (Å²) in [5, 5.41) is 21.0. The topological polar surface area (TPSA) is 71.8 Å². The third kappa shape index (κ3) is 4.83. The summed E-state index contributed by atoms with van der Waals surface area (Å²) < 4.78 is 2.10. The first kappa shape index (κ1) is 22.2. The van der Waals surface area contributed by atoms with Gasteiger partial charge in [-0.05, 0) is 72.0 Å². The minimum Gasteiger partial charge on any atom is -0.733 e. The van der Waals surface area contributed by atoms with Gasteiger partial charge >= 0.3 is 0 Å². The highest BCUT2D eigenvalue weighted by molar-refractivity contribution is 5.98. The summed E-state index contributed by atoms with van der Waals surface area (Å²) in [6, 6.07) is 25.3. The molecule has 1 aliphatic rings. The molecule has 34 heavy (non-hydrogen) atoms. The predicted molar refractivity (Wildman–Crippen MR) is 134 cm³/mol. The molecule has 6 heteroatoms. The summed E-state index contributed by atoms with van der Waals surface area (Å²) in [5.41, 5.74) is 4.28. The van der Waals surface area contributed by atoms with E-state index in [1.165, 1.54) is 5.56 Å². The van der Waals surface area contributed by atoms with Gasteiger partial charge in [0.2, 0.25) is 0 Å². The fourth-order valence-corrected chi connectivity index (χ4v) is 4.85. The molecule has 1 aliphatic heterocycles. The number of aromatic nitrogens is 1. The highest BCUT2D eigenvalue weighted by atomic mass is 16.8. The van der Waals surface area contributed by atoms with Crippen molar-refractivity contribution in [3.8, 4) is 0 Å². The lowest BCUT2D eigenvalue weighted by Crippen LogP contribution is -2.38. The first-order valence-corrected chi connectivity index (χ1v) is 11.7. The van der Waals surface area contributed by atoms with Gasteiger partial charge in [0.25, 0.3) is 5.91 Å². The van der Waals surface area contributed by atoms with Crippen LogP contribution in [0.5, 0.6) is 0 Å². The van der Waals surface area contributed by atoms with Crippen molar-refractivity contribution in [3.63, 3.8) is 0 Å². The van der Waals surface area contributed by atoms with Crippen molar-refractivity contribution in [1.82, 2.24) is 9.47 Å². The maximum atomic E-state index is 13.3. The molecule has 174 valence electrons. The third-order valence-electron chi connectivity index (χ3n) is 6.80. The number of carbonyl (C=O) groups is 1. The quantitative estimate of drug-likeness (QED) is 0.392. The van der Waals surface area contributed by atoms with Gasteiger partial charge in [-0.15, -0.1) is 0 Å². The Bertz CT molecular complexity index is 1260. The van der Waals surface area contributed by atoms with Gasteiger partial charge in [0.05, 0.1) is 5.69 Å². The Morgan fingerprint density at radius 3 is 2.38 bits per heavy atom. The molecule has 0 radical (unpaired) electrons. The molecule has 1 fully saturated rings. The second-order valence-electron chi connectivity index (χ2n) is 9.08. The summed E-state index contributed by atoms with van der Waals surface area (Å²) in [4.78, 5) is 15.2. The molecular formula is C28H28N3O3-. The maximum absolute atomic E-state index is 13.3. The zero-order chi connectivity index (χ0) is 23.5. The number of hydrogen-bond donors (Lipinski definition) is 1. The lowest BCUT2D eigenvalue weighted by Gasteiger charge is -2.32. The van der Waals surface area contributed by atoms with Gasteiger partial charge in [0.15, 0.2) is 0 Å². The molecule has 0 unspecified atom stereocenters. The first-order chi connectivity index (χ1) is 16.6. The lowest BCUT2D eigenvalue weighted by atomic mass is 9.90. The molecule has 1 aromatic heterocycles. The monoisotopic (exact) mass is 454 g/mol. The Morgan fingerprint density at radius 2 is 1.68 bits per heavy atom. The second-order valence-corrected chi connectivity index (χ2v) is 9.08. The van der Waals surface area contributed by atoms with Crippen LogP contribution in [0, 0.1) is 11.1 Å². The number of nitrogens with zero attached hydrogens (tertiary/aromatic N) is 3. The van der Waals surface area contributed by atoms with Crippen LogP contribution in [0.4, 0.5) is 5.69 Å². The Hall–Kier alpha value is -3.61. The van der Waals surface area contributed by atoms with Crippen LogP contribution in [0.15, 0.2) is 85.1 Å². The maximum Gasteiger partial charge on any atom is 0.253 e. The van der Waals surface area contributed by atoms with Gasteiger partial charge in [0.1, 0.15) is 0 Å². The number of amides is 1. The molecule has 3 aromatic carbocycles. The number of carbonyl (C=O) groups excluding carboxylic acids is 1. The van der Waals surface area contributed by atoms with Crippen molar-refractivity contribution in [2.45, 2.75) is 25.8 Å². The highest BCUT2D eigenvalue weighted by Gasteiger charge is 2.24. The van der Waals surface area contributed by atoms with Crippen LogP contribution >= 0.6 is 0 Å². The van der Waals surface area contributed by atoms with E-state index < -0.39 is 0 Å². The normalized spacial score (nSPS) is 14.5. The third-order valence-corrected chi connectivity index (χ3v) is 6.80. The molecule has 0 spiro atoms. The highest BCUT2D eigenvalue weighted by Crippen LogP contribution is 2.25. The fourth-order valence-electron chi connectivity index (χ4n) is 4.85. The summed E-state index contributed by atoms with van der Waals surface area (Å²) in [6.45, 7) is 2.20. The molecule has 1 amide bonds. The Morgan fingerprint density at radius 1 is 0.941 bits per heavy atom. The van der Waals surface area contributed by atoms with E-state index in [9.17, 15) is 10.0 Å². The van der Waals surface area contributed by atoms with Gasteiger partial charge in [-0.3, -0.25) is 10.0 Å². The van der Waals surface area contributed by atoms with Crippen LogP contribution in [-0.2, 0) is 13.0 Å². The molecule has 4 aromatic rings. The molecule has 0 bridgehead atoms. The van der Waals surface area contributed by atoms with Crippen LogP contribution in [0.3, 0.4) is 0 Å². The van der Waals surface area contributed by atoms with Crippen LogP contribution < -0.4 is 5.23 Å². The molecule has 6 nitrogen and oxygen atoms in total. The predicted octanol–water partition coefficient (Wildman–Crippen LogP) is 5.48. The average molecular weight is 455 g/mol. The number of fused-ring (bicyclic) bond motifs is 1. The number of benzene rings is 3. The van der Waals surface area contributed by atoms with Crippen molar-refractivity contribution >= 4 is 22.5 Å². The molecule has 0 saturated carbocycles. The average Bonchev–Trinajstić information content (AvgIpc) is 3.27. The molecule has 0 aliphatic carbocycles. The van der Waals surface area contributed by atoms with Gasteiger partial charge in [-0.1, -0.05) is 48.5 Å². The van der Waals surface area contributed by atoms with E-state index in [0.29, 0.717) is 18.0 Å². The molecular weight excluding hydrogens is 426 g/mol. The summed E-state index contributed by atoms with van der Waals surface area (Å²) in [6.07, 6.45) is 5.15. The van der Waals surface area contributed by atoms with Gasteiger partial charge in [-0.25, -0.2) is 0 Å². The molecule has 1 saturated heterocycles. The van der Waals surface area contributed by atoms with E-state index in [1.54, 1.807) is 12.1 Å². The second kappa shape index (κ2) is 9.71. The first-order valence-electron chi connectivity index (χ1n) is 11.7. The molecule has 0 atom stereocenters. The zero-order valence-corrected chi connectivity index (χ0v) is 19.0. The molecule has 2 heterocycles.